The number of amides is 3. The van der Waals surface area contributed by atoms with Gasteiger partial charge in [0.05, 0.1) is 12.0 Å². The molecule has 0 radical (unpaired) electrons. The zero-order chi connectivity index (χ0) is 21.0. The van der Waals surface area contributed by atoms with Crippen LogP contribution in [0.25, 0.3) is 0 Å². The van der Waals surface area contributed by atoms with Crippen LogP contribution in [0.15, 0.2) is 48.7 Å². The zero-order valence-corrected chi connectivity index (χ0v) is 16.1. The minimum Gasteiger partial charge on any atom is -0.480 e. The summed E-state index contributed by atoms with van der Waals surface area (Å²) in [6, 6.07) is 10.5. The summed E-state index contributed by atoms with van der Waals surface area (Å²) in [5.74, 6) is -2.24. The molecule has 0 aliphatic carbocycles. The number of hydrogen-bond donors (Lipinski definition) is 3. The van der Waals surface area contributed by atoms with E-state index in [0.29, 0.717) is 17.8 Å². The molecule has 1 aliphatic heterocycles. The number of pyridine rings is 1. The van der Waals surface area contributed by atoms with Crippen LogP contribution in [0.4, 0.5) is 10.6 Å². The molecule has 8 nitrogen and oxygen atoms in total. The molecular weight excluding hydrogens is 372 g/mol. The van der Waals surface area contributed by atoms with Crippen LogP contribution < -0.4 is 11.1 Å². The van der Waals surface area contributed by atoms with Gasteiger partial charge in [0.15, 0.2) is 6.04 Å². The van der Waals surface area contributed by atoms with Crippen LogP contribution in [0.5, 0.6) is 0 Å². The van der Waals surface area contributed by atoms with Gasteiger partial charge in [0.2, 0.25) is 5.91 Å². The van der Waals surface area contributed by atoms with Gasteiger partial charge in [0, 0.05) is 6.20 Å². The fourth-order valence-corrected chi connectivity index (χ4v) is 3.65. The molecule has 2 heterocycles. The number of benzene rings is 1. The summed E-state index contributed by atoms with van der Waals surface area (Å²) >= 11 is 0. The highest BCUT2D eigenvalue weighted by Gasteiger charge is 2.54. The number of likely N-dealkylation sites (tertiary alicyclic amines) is 1. The summed E-state index contributed by atoms with van der Waals surface area (Å²) in [5, 5.41) is 12.4. The number of anilines is 1. The lowest BCUT2D eigenvalue weighted by Crippen LogP contribution is -2.68. The van der Waals surface area contributed by atoms with Gasteiger partial charge in [-0.15, -0.1) is 0 Å². The number of carbonyl (C=O) groups excluding carboxylic acids is 2. The Labute approximate surface area is 168 Å². The van der Waals surface area contributed by atoms with E-state index in [1.165, 1.54) is 6.20 Å². The summed E-state index contributed by atoms with van der Waals surface area (Å²) in [5.41, 5.74) is 7.26. The summed E-state index contributed by atoms with van der Waals surface area (Å²) in [6.45, 7) is 1.99. The lowest BCUT2D eigenvalue weighted by Gasteiger charge is -2.43. The molecule has 3 rings (SSSR count). The van der Waals surface area contributed by atoms with E-state index in [-0.39, 0.29) is 12.5 Å². The van der Waals surface area contributed by atoms with Gasteiger partial charge in [-0.05, 0) is 36.1 Å². The molecule has 0 unspecified atom stereocenters. The number of β-lactam (4-membered cyclic amide) rings is 1. The van der Waals surface area contributed by atoms with Crippen molar-refractivity contribution < 1.29 is 19.5 Å². The highest BCUT2D eigenvalue weighted by Crippen LogP contribution is 2.31. The summed E-state index contributed by atoms with van der Waals surface area (Å²) < 4.78 is 0. The minimum absolute atomic E-state index is 0.184. The topological polar surface area (TPSA) is 126 Å². The van der Waals surface area contributed by atoms with Crippen molar-refractivity contribution in [1.29, 1.82) is 0 Å². The number of rotatable bonds is 7. The predicted molar refractivity (Wildman–Crippen MR) is 107 cm³/mol. The first-order chi connectivity index (χ1) is 13.9. The average Bonchev–Trinajstić information content (AvgIpc) is 2.70. The van der Waals surface area contributed by atoms with Gasteiger partial charge in [0.1, 0.15) is 5.82 Å². The predicted octanol–water partition coefficient (Wildman–Crippen LogP) is 2.37. The van der Waals surface area contributed by atoms with Crippen molar-refractivity contribution in [2.24, 2.45) is 5.92 Å². The van der Waals surface area contributed by atoms with Crippen molar-refractivity contribution in [2.45, 2.75) is 38.3 Å². The number of carbonyl (C=O) groups is 3. The largest absolute Gasteiger partial charge is 0.480 e. The molecule has 8 heteroatoms. The Hall–Kier alpha value is -3.42. The quantitative estimate of drug-likeness (QED) is 0.617. The Morgan fingerprint density at radius 2 is 2.00 bits per heavy atom. The Morgan fingerprint density at radius 1 is 1.28 bits per heavy atom. The number of imide groups is 1. The van der Waals surface area contributed by atoms with Crippen LogP contribution in [0.2, 0.25) is 0 Å². The maximum atomic E-state index is 12.8. The van der Waals surface area contributed by atoms with Gasteiger partial charge in [0.25, 0.3) is 0 Å². The molecule has 0 saturated carbocycles. The normalized spacial score (nSPS) is 19.3. The van der Waals surface area contributed by atoms with E-state index in [1.54, 1.807) is 12.1 Å². The van der Waals surface area contributed by atoms with Crippen LogP contribution in [0.3, 0.4) is 0 Å². The molecule has 3 amide bonds. The van der Waals surface area contributed by atoms with Gasteiger partial charge in [-0.2, -0.15) is 0 Å². The second-order valence-electron chi connectivity index (χ2n) is 7.09. The Morgan fingerprint density at radius 3 is 2.62 bits per heavy atom. The van der Waals surface area contributed by atoms with E-state index in [0.717, 1.165) is 16.9 Å². The van der Waals surface area contributed by atoms with E-state index in [1.807, 2.05) is 37.3 Å². The fourth-order valence-electron chi connectivity index (χ4n) is 3.65. The second kappa shape index (κ2) is 8.72. The van der Waals surface area contributed by atoms with E-state index in [9.17, 15) is 19.5 Å². The van der Waals surface area contributed by atoms with Crippen molar-refractivity contribution in [1.82, 2.24) is 15.2 Å². The fraction of sp³-hybridized carbons (Fsp3) is 0.333. The van der Waals surface area contributed by atoms with E-state index in [2.05, 4.69) is 10.3 Å². The molecule has 1 saturated heterocycles. The van der Waals surface area contributed by atoms with Gasteiger partial charge >= 0.3 is 12.0 Å². The van der Waals surface area contributed by atoms with Crippen LogP contribution >= 0.6 is 0 Å². The molecule has 1 aliphatic rings. The molecule has 1 fully saturated rings. The first kappa shape index (κ1) is 20.3. The maximum Gasteiger partial charge on any atom is 0.327 e. The van der Waals surface area contributed by atoms with Crippen molar-refractivity contribution in [3.63, 3.8) is 0 Å². The monoisotopic (exact) mass is 396 g/mol. The van der Waals surface area contributed by atoms with E-state index in [4.69, 9.17) is 5.73 Å². The molecule has 0 bridgehead atoms. The Kier molecular flexibility index (Phi) is 6.11. The lowest BCUT2D eigenvalue weighted by atomic mass is 9.82. The van der Waals surface area contributed by atoms with Gasteiger partial charge in [-0.1, -0.05) is 43.7 Å². The standard InChI is InChI=1S/C21H24N4O4/c1-2-6-16(14-7-4-3-5-8-14)24-21(29)25-18(20(27)28)15(19(25)26)11-13-9-10-23-17(22)12-13/h3-5,7-10,12,15-16,18H,2,6,11H2,1H3,(H2,22,23)(H,24,29)(H,27,28)/t15-,16-,18+/m1/s1. The number of urea groups is 1. The van der Waals surface area contributed by atoms with Crippen molar-refractivity contribution in [2.75, 3.05) is 5.73 Å². The lowest BCUT2D eigenvalue weighted by molar-refractivity contribution is -0.165. The van der Waals surface area contributed by atoms with Crippen molar-refractivity contribution >= 4 is 23.7 Å². The number of nitrogen functional groups attached to an aromatic ring is 1. The molecule has 1 aromatic heterocycles. The summed E-state index contributed by atoms with van der Waals surface area (Å²) in [6.07, 6.45) is 3.18. The van der Waals surface area contributed by atoms with Crippen LogP contribution in [0, 0.1) is 5.92 Å². The highest BCUT2D eigenvalue weighted by molar-refractivity contribution is 6.07. The molecule has 2 aromatic rings. The van der Waals surface area contributed by atoms with E-state index < -0.39 is 29.9 Å². The Balaban J connectivity index is 1.74. The number of aromatic nitrogens is 1. The SMILES string of the molecule is CCC[C@@H](NC(=O)N1C(=O)[C@H](Cc2ccnc(N)c2)[C@H]1C(=O)O)c1ccccc1. The summed E-state index contributed by atoms with van der Waals surface area (Å²) in [4.78, 5) is 41.9. The van der Waals surface area contributed by atoms with Gasteiger partial charge < -0.3 is 16.2 Å². The first-order valence-corrected chi connectivity index (χ1v) is 9.54. The third-order valence-electron chi connectivity index (χ3n) is 5.06. The molecule has 3 atom stereocenters. The molecule has 4 N–H and O–H groups in total. The number of carboxylic acids is 1. The molecule has 0 spiro atoms. The second-order valence-corrected chi connectivity index (χ2v) is 7.09. The van der Waals surface area contributed by atoms with Crippen molar-refractivity contribution in [3.8, 4) is 0 Å². The molecule has 152 valence electrons. The number of aliphatic carboxylic acids is 1. The molecule has 1 aromatic carbocycles. The third-order valence-corrected chi connectivity index (χ3v) is 5.06. The van der Waals surface area contributed by atoms with Gasteiger partial charge in [-0.25, -0.2) is 19.5 Å². The summed E-state index contributed by atoms with van der Waals surface area (Å²) in [7, 11) is 0. The van der Waals surface area contributed by atoms with Crippen LogP contribution in [0.1, 0.15) is 36.9 Å². The third kappa shape index (κ3) is 4.37. The number of hydrogen-bond acceptors (Lipinski definition) is 5. The van der Waals surface area contributed by atoms with Gasteiger partial charge in [-0.3, -0.25) is 4.79 Å². The van der Waals surface area contributed by atoms with Crippen LogP contribution in [-0.4, -0.2) is 38.9 Å². The van der Waals surface area contributed by atoms with Crippen LogP contribution in [-0.2, 0) is 16.0 Å². The van der Waals surface area contributed by atoms with E-state index >= 15 is 0 Å². The minimum atomic E-state index is -1.21. The number of carboxylic acid groups (broad SMARTS) is 1. The smallest absolute Gasteiger partial charge is 0.327 e. The molecular formula is C21H24N4O4. The first-order valence-electron chi connectivity index (χ1n) is 9.54. The maximum absolute atomic E-state index is 12.8. The zero-order valence-electron chi connectivity index (χ0n) is 16.1. The average molecular weight is 396 g/mol. The molecule has 29 heavy (non-hydrogen) atoms. The number of nitrogens with two attached hydrogens (primary N) is 1. The highest BCUT2D eigenvalue weighted by atomic mass is 16.4. The van der Waals surface area contributed by atoms with Crippen molar-refractivity contribution in [3.05, 3.63) is 59.8 Å². The number of nitrogens with one attached hydrogen (secondary N) is 1. The number of nitrogens with zero attached hydrogens (tertiary/aromatic N) is 2. The Bertz CT molecular complexity index is 903.